The molecule has 108 valence electrons. The highest BCUT2D eigenvalue weighted by Crippen LogP contribution is 2.25. The fourth-order valence-electron chi connectivity index (χ4n) is 2.71. The molecule has 3 heteroatoms. The third-order valence-electron chi connectivity index (χ3n) is 4.02. The van der Waals surface area contributed by atoms with Gasteiger partial charge >= 0.3 is 0 Å². The highest BCUT2D eigenvalue weighted by Gasteiger charge is 2.27. The van der Waals surface area contributed by atoms with Gasteiger partial charge in [-0.1, -0.05) is 48.0 Å². The molecule has 1 aliphatic rings. The number of amides is 1. The molecule has 0 saturated carbocycles. The Labute approximate surface area is 125 Å². The van der Waals surface area contributed by atoms with Crippen LogP contribution in [0.3, 0.4) is 0 Å². The largest absolute Gasteiger partial charge is 0.373 e. The van der Waals surface area contributed by atoms with Crippen LogP contribution in [0.4, 0.5) is 5.69 Å². The van der Waals surface area contributed by atoms with Gasteiger partial charge < -0.3 is 10.6 Å². The minimum absolute atomic E-state index is 0.0172. The second-order valence-corrected chi connectivity index (χ2v) is 5.70. The Morgan fingerprint density at radius 1 is 1.19 bits per heavy atom. The van der Waals surface area contributed by atoms with Crippen LogP contribution in [0.2, 0.25) is 0 Å². The molecule has 0 saturated heterocycles. The van der Waals surface area contributed by atoms with Gasteiger partial charge in [-0.3, -0.25) is 4.79 Å². The summed E-state index contributed by atoms with van der Waals surface area (Å²) in [5.41, 5.74) is 4.64. The zero-order valence-electron chi connectivity index (χ0n) is 12.4. The van der Waals surface area contributed by atoms with Crippen molar-refractivity contribution in [1.29, 1.82) is 0 Å². The lowest BCUT2D eigenvalue weighted by Gasteiger charge is -2.18. The molecule has 1 amide bonds. The SMILES string of the molecule is Cc1ccc([C@@H](C)NC(=O)[C@@H]2Cc3ccccc3N2)cc1. The van der Waals surface area contributed by atoms with Gasteiger partial charge in [-0.15, -0.1) is 0 Å². The van der Waals surface area contributed by atoms with Crippen molar-refractivity contribution < 1.29 is 4.79 Å². The molecule has 1 heterocycles. The molecule has 0 bridgehead atoms. The lowest BCUT2D eigenvalue weighted by molar-refractivity contribution is -0.122. The van der Waals surface area contributed by atoms with Crippen LogP contribution < -0.4 is 10.6 Å². The van der Waals surface area contributed by atoms with E-state index >= 15 is 0 Å². The van der Waals surface area contributed by atoms with E-state index in [0.717, 1.165) is 17.7 Å². The number of rotatable bonds is 3. The van der Waals surface area contributed by atoms with E-state index in [1.54, 1.807) is 0 Å². The molecule has 2 N–H and O–H groups in total. The van der Waals surface area contributed by atoms with Gasteiger partial charge in [0, 0.05) is 12.1 Å². The van der Waals surface area contributed by atoms with E-state index in [1.165, 1.54) is 11.1 Å². The molecule has 2 aromatic carbocycles. The van der Waals surface area contributed by atoms with Gasteiger partial charge in [0.1, 0.15) is 6.04 Å². The Kier molecular flexibility index (Phi) is 3.65. The molecule has 2 aromatic rings. The number of hydrogen-bond acceptors (Lipinski definition) is 2. The molecule has 0 spiro atoms. The molecule has 3 nitrogen and oxygen atoms in total. The van der Waals surface area contributed by atoms with Crippen LogP contribution in [0.1, 0.15) is 29.7 Å². The predicted molar refractivity (Wildman–Crippen MR) is 85.3 cm³/mol. The lowest BCUT2D eigenvalue weighted by atomic mass is 10.1. The standard InChI is InChI=1S/C18H20N2O/c1-12-7-9-14(10-8-12)13(2)19-18(21)17-11-15-5-3-4-6-16(15)20-17/h3-10,13,17,20H,11H2,1-2H3,(H,19,21)/t13-,17+/m1/s1. The summed E-state index contributed by atoms with van der Waals surface area (Å²) in [6.07, 6.45) is 0.753. The zero-order valence-corrected chi connectivity index (χ0v) is 12.4. The predicted octanol–water partition coefficient (Wildman–Crippen LogP) is 3.21. The zero-order chi connectivity index (χ0) is 14.8. The first-order chi connectivity index (χ1) is 10.1. The van der Waals surface area contributed by atoms with E-state index in [4.69, 9.17) is 0 Å². The average molecular weight is 280 g/mol. The summed E-state index contributed by atoms with van der Waals surface area (Å²) >= 11 is 0. The van der Waals surface area contributed by atoms with E-state index in [2.05, 4.69) is 47.9 Å². The molecule has 0 aliphatic carbocycles. The van der Waals surface area contributed by atoms with E-state index in [0.29, 0.717) is 0 Å². The Bertz CT molecular complexity index is 624. The second-order valence-electron chi connectivity index (χ2n) is 5.70. The first kappa shape index (κ1) is 13.7. The highest BCUT2D eigenvalue weighted by molar-refractivity contribution is 5.87. The quantitative estimate of drug-likeness (QED) is 0.906. The smallest absolute Gasteiger partial charge is 0.243 e. The van der Waals surface area contributed by atoms with Crippen molar-refractivity contribution in [2.75, 3.05) is 5.32 Å². The summed E-state index contributed by atoms with van der Waals surface area (Å²) in [7, 11) is 0. The first-order valence-electron chi connectivity index (χ1n) is 7.35. The molecule has 0 fully saturated rings. The Balaban J connectivity index is 1.64. The van der Waals surface area contributed by atoms with Crippen molar-refractivity contribution in [3.63, 3.8) is 0 Å². The number of anilines is 1. The van der Waals surface area contributed by atoms with Crippen LogP contribution in [0.25, 0.3) is 0 Å². The molecular formula is C18H20N2O. The van der Waals surface area contributed by atoms with E-state index in [9.17, 15) is 4.79 Å². The lowest BCUT2D eigenvalue weighted by Crippen LogP contribution is -2.39. The third kappa shape index (κ3) is 2.92. The van der Waals surface area contributed by atoms with E-state index in [1.807, 2.05) is 25.1 Å². The summed E-state index contributed by atoms with van der Waals surface area (Å²) in [6.45, 7) is 4.08. The maximum absolute atomic E-state index is 12.4. The number of hydrogen-bond donors (Lipinski definition) is 2. The van der Waals surface area contributed by atoms with E-state index in [-0.39, 0.29) is 18.0 Å². The molecule has 3 rings (SSSR count). The fourth-order valence-corrected chi connectivity index (χ4v) is 2.71. The van der Waals surface area contributed by atoms with Crippen LogP contribution >= 0.6 is 0 Å². The van der Waals surface area contributed by atoms with Crippen molar-refractivity contribution in [1.82, 2.24) is 5.32 Å². The number of fused-ring (bicyclic) bond motifs is 1. The van der Waals surface area contributed by atoms with Gasteiger partial charge in [0.05, 0.1) is 6.04 Å². The Morgan fingerprint density at radius 2 is 1.90 bits per heavy atom. The average Bonchev–Trinajstić information content (AvgIpc) is 2.92. The topological polar surface area (TPSA) is 41.1 Å². The number of aryl methyl sites for hydroxylation is 1. The van der Waals surface area contributed by atoms with Gasteiger partial charge in [0.15, 0.2) is 0 Å². The number of nitrogens with one attached hydrogen (secondary N) is 2. The summed E-state index contributed by atoms with van der Waals surface area (Å²) < 4.78 is 0. The van der Waals surface area contributed by atoms with Crippen molar-refractivity contribution >= 4 is 11.6 Å². The number of benzene rings is 2. The third-order valence-corrected chi connectivity index (χ3v) is 4.02. The molecule has 0 radical (unpaired) electrons. The van der Waals surface area contributed by atoms with Crippen LogP contribution in [0.15, 0.2) is 48.5 Å². The van der Waals surface area contributed by atoms with Gasteiger partial charge in [0.25, 0.3) is 0 Å². The molecule has 1 aliphatic heterocycles. The van der Waals surface area contributed by atoms with Gasteiger partial charge in [-0.2, -0.15) is 0 Å². The summed E-state index contributed by atoms with van der Waals surface area (Å²) in [4.78, 5) is 12.4. The first-order valence-corrected chi connectivity index (χ1v) is 7.35. The molecule has 2 atom stereocenters. The van der Waals surface area contributed by atoms with Crippen molar-refractivity contribution in [2.24, 2.45) is 0 Å². The molecule has 0 unspecified atom stereocenters. The van der Waals surface area contributed by atoms with Gasteiger partial charge in [0.2, 0.25) is 5.91 Å². The van der Waals surface area contributed by atoms with Crippen molar-refractivity contribution in [3.8, 4) is 0 Å². The van der Waals surface area contributed by atoms with Crippen LogP contribution in [0, 0.1) is 6.92 Å². The molecular weight excluding hydrogens is 260 g/mol. The number of carbonyl (C=O) groups is 1. The fraction of sp³-hybridized carbons (Fsp3) is 0.278. The van der Waals surface area contributed by atoms with Crippen molar-refractivity contribution in [2.45, 2.75) is 32.4 Å². The maximum Gasteiger partial charge on any atom is 0.243 e. The van der Waals surface area contributed by atoms with Crippen LogP contribution in [-0.4, -0.2) is 11.9 Å². The molecule has 0 aromatic heterocycles. The minimum Gasteiger partial charge on any atom is -0.373 e. The molecule has 21 heavy (non-hydrogen) atoms. The van der Waals surface area contributed by atoms with Gasteiger partial charge in [-0.25, -0.2) is 0 Å². The highest BCUT2D eigenvalue weighted by atomic mass is 16.2. The monoisotopic (exact) mass is 280 g/mol. The van der Waals surface area contributed by atoms with E-state index < -0.39 is 0 Å². The Hall–Kier alpha value is -2.29. The number of para-hydroxylation sites is 1. The maximum atomic E-state index is 12.4. The summed E-state index contributed by atoms with van der Waals surface area (Å²) in [6, 6.07) is 16.2. The summed E-state index contributed by atoms with van der Waals surface area (Å²) in [5, 5.41) is 6.38. The second kappa shape index (κ2) is 5.60. The number of carbonyl (C=O) groups excluding carboxylic acids is 1. The van der Waals surface area contributed by atoms with Crippen molar-refractivity contribution in [3.05, 3.63) is 65.2 Å². The van der Waals surface area contributed by atoms with Crippen LogP contribution in [0.5, 0.6) is 0 Å². The Morgan fingerprint density at radius 3 is 2.62 bits per heavy atom. The van der Waals surface area contributed by atoms with Gasteiger partial charge in [-0.05, 0) is 31.0 Å². The minimum atomic E-state index is -0.171. The summed E-state index contributed by atoms with van der Waals surface area (Å²) in [5.74, 6) is 0.0549. The normalized spacial score (nSPS) is 17.7. The van der Waals surface area contributed by atoms with Crippen LogP contribution in [-0.2, 0) is 11.2 Å².